The molecule has 4 heteroatoms. The third-order valence-electron chi connectivity index (χ3n) is 5.00. The number of benzene rings is 1. The summed E-state index contributed by atoms with van der Waals surface area (Å²) in [4.78, 5) is 6.49. The SMILES string of the molecule is OC[C@]12COc3ccccc3[C@H]1CN(Cc1ccncc1)C2. The van der Waals surface area contributed by atoms with Crippen LogP contribution in [0, 0.1) is 5.41 Å². The summed E-state index contributed by atoms with van der Waals surface area (Å²) in [5, 5.41) is 10.0. The summed E-state index contributed by atoms with van der Waals surface area (Å²) >= 11 is 0. The molecule has 114 valence electrons. The summed E-state index contributed by atoms with van der Waals surface area (Å²) in [7, 11) is 0. The zero-order chi connectivity index (χ0) is 15.0. The van der Waals surface area contributed by atoms with Gasteiger partial charge in [0, 0.05) is 43.4 Å². The minimum absolute atomic E-state index is 0.166. The van der Waals surface area contributed by atoms with Crippen LogP contribution in [-0.2, 0) is 6.54 Å². The van der Waals surface area contributed by atoms with E-state index >= 15 is 0 Å². The fraction of sp³-hybridized carbons (Fsp3) is 0.389. The van der Waals surface area contributed by atoms with E-state index in [1.807, 2.05) is 24.5 Å². The first kappa shape index (κ1) is 13.7. The fourth-order valence-corrected chi connectivity index (χ4v) is 3.84. The molecule has 2 aromatic rings. The summed E-state index contributed by atoms with van der Waals surface area (Å²) in [6.07, 6.45) is 3.66. The van der Waals surface area contributed by atoms with Gasteiger partial charge in [-0.3, -0.25) is 9.88 Å². The molecule has 0 unspecified atom stereocenters. The lowest BCUT2D eigenvalue weighted by atomic mass is 9.74. The van der Waals surface area contributed by atoms with Gasteiger partial charge in [0.05, 0.1) is 13.2 Å². The normalized spacial score (nSPS) is 27.0. The zero-order valence-electron chi connectivity index (χ0n) is 12.5. The summed E-state index contributed by atoms with van der Waals surface area (Å²) in [6, 6.07) is 12.3. The summed E-state index contributed by atoms with van der Waals surface area (Å²) in [5.41, 5.74) is 2.32. The van der Waals surface area contributed by atoms with E-state index < -0.39 is 0 Å². The number of hydrogen-bond acceptors (Lipinski definition) is 4. The Hall–Kier alpha value is -1.91. The molecule has 0 spiro atoms. The van der Waals surface area contributed by atoms with Crippen LogP contribution in [0.5, 0.6) is 5.75 Å². The molecule has 4 rings (SSSR count). The molecule has 4 nitrogen and oxygen atoms in total. The first-order chi connectivity index (χ1) is 10.8. The van der Waals surface area contributed by atoms with Crippen molar-refractivity contribution < 1.29 is 9.84 Å². The molecule has 22 heavy (non-hydrogen) atoms. The monoisotopic (exact) mass is 296 g/mol. The number of rotatable bonds is 3. The van der Waals surface area contributed by atoms with E-state index in [0.717, 1.165) is 25.4 Å². The lowest BCUT2D eigenvalue weighted by molar-refractivity contribution is 0.0457. The Bertz CT molecular complexity index is 661. The number of hydrogen-bond donors (Lipinski definition) is 1. The largest absolute Gasteiger partial charge is 0.493 e. The smallest absolute Gasteiger partial charge is 0.122 e. The van der Waals surface area contributed by atoms with E-state index in [9.17, 15) is 5.11 Å². The van der Waals surface area contributed by atoms with Gasteiger partial charge in [-0.2, -0.15) is 0 Å². The van der Waals surface area contributed by atoms with Crippen molar-refractivity contribution in [2.24, 2.45) is 5.41 Å². The topological polar surface area (TPSA) is 45.6 Å². The van der Waals surface area contributed by atoms with E-state index in [4.69, 9.17) is 4.74 Å². The highest BCUT2D eigenvalue weighted by Crippen LogP contribution is 2.49. The molecule has 1 N–H and O–H groups in total. The van der Waals surface area contributed by atoms with Crippen LogP contribution in [0.2, 0.25) is 0 Å². The van der Waals surface area contributed by atoms with Crippen LogP contribution in [0.1, 0.15) is 17.0 Å². The lowest BCUT2D eigenvalue weighted by Crippen LogP contribution is -2.42. The summed E-state index contributed by atoms with van der Waals surface area (Å²) in [5.74, 6) is 1.31. The summed E-state index contributed by atoms with van der Waals surface area (Å²) in [6.45, 7) is 3.48. The van der Waals surface area contributed by atoms with Gasteiger partial charge in [-0.1, -0.05) is 18.2 Å². The highest BCUT2D eigenvalue weighted by Gasteiger charge is 2.50. The van der Waals surface area contributed by atoms with Crippen molar-refractivity contribution in [1.82, 2.24) is 9.88 Å². The highest BCUT2D eigenvalue weighted by molar-refractivity contribution is 5.41. The first-order valence-electron chi connectivity index (χ1n) is 7.75. The molecule has 1 aromatic heterocycles. The Morgan fingerprint density at radius 2 is 2.05 bits per heavy atom. The van der Waals surface area contributed by atoms with Crippen LogP contribution < -0.4 is 4.74 Å². The molecule has 2 atom stereocenters. The third-order valence-corrected chi connectivity index (χ3v) is 5.00. The molecule has 0 amide bonds. The maximum absolute atomic E-state index is 10.0. The number of aliphatic hydroxyl groups is 1. The Balaban J connectivity index is 1.62. The molecule has 2 aliphatic heterocycles. The molecule has 2 aliphatic rings. The molecular formula is C18H20N2O2. The van der Waals surface area contributed by atoms with Crippen molar-refractivity contribution in [3.8, 4) is 5.75 Å². The minimum Gasteiger partial charge on any atom is -0.493 e. The molecular weight excluding hydrogens is 276 g/mol. The second-order valence-electron chi connectivity index (χ2n) is 6.42. The van der Waals surface area contributed by atoms with Crippen LogP contribution in [0.25, 0.3) is 0 Å². The zero-order valence-corrected chi connectivity index (χ0v) is 12.5. The molecule has 1 fully saturated rings. The minimum atomic E-state index is -0.179. The van der Waals surface area contributed by atoms with Crippen molar-refractivity contribution >= 4 is 0 Å². The first-order valence-corrected chi connectivity index (χ1v) is 7.75. The predicted molar refractivity (Wildman–Crippen MR) is 83.7 cm³/mol. The van der Waals surface area contributed by atoms with Gasteiger partial charge in [0.1, 0.15) is 5.75 Å². The van der Waals surface area contributed by atoms with Gasteiger partial charge >= 0.3 is 0 Å². The quantitative estimate of drug-likeness (QED) is 0.941. The van der Waals surface area contributed by atoms with E-state index in [-0.39, 0.29) is 12.0 Å². The van der Waals surface area contributed by atoms with Crippen LogP contribution in [-0.4, -0.2) is 41.3 Å². The number of likely N-dealkylation sites (tertiary alicyclic amines) is 1. The fourth-order valence-electron chi connectivity index (χ4n) is 3.84. The van der Waals surface area contributed by atoms with Crippen molar-refractivity contribution in [2.75, 3.05) is 26.3 Å². The van der Waals surface area contributed by atoms with Crippen molar-refractivity contribution in [2.45, 2.75) is 12.5 Å². The number of pyridine rings is 1. The average molecular weight is 296 g/mol. The highest BCUT2D eigenvalue weighted by atomic mass is 16.5. The van der Waals surface area contributed by atoms with Gasteiger partial charge in [0.2, 0.25) is 0 Å². The summed E-state index contributed by atoms with van der Waals surface area (Å²) < 4.78 is 5.93. The Morgan fingerprint density at radius 1 is 1.23 bits per heavy atom. The molecule has 0 radical (unpaired) electrons. The lowest BCUT2D eigenvalue weighted by Gasteiger charge is -2.38. The molecule has 1 saturated heterocycles. The standard InChI is InChI=1S/C18H20N2O2/c21-12-18-11-20(9-14-5-7-19-8-6-14)10-16(18)15-3-1-2-4-17(15)22-13-18/h1-8,16,21H,9-13H2/t16-,18-/m1/s1. The van der Waals surface area contributed by atoms with Crippen LogP contribution >= 0.6 is 0 Å². The van der Waals surface area contributed by atoms with Gasteiger partial charge < -0.3 is 9.84 Å². The van der Waals surface area contributed by atoms with E-state index in [2.05, 4.69) is 34.1 Å². The van der Waals surface area contributed by atoms with E-state index in [0.29, 0.717) is 12.5 Å². The molecule has 0 saturated carbocycles. The van der Waals surface area contributed by atoms with E-state index in [1.165, 1.54) is 11.1 Å². The molecule has 0 aliphatic carbocycles. The molecule has 0 bridgehead atoms. The number of para-hydroxylation sites is 1. The maximum Gasteiger partial charge on any atom is 0.122 e. The second-order valence-corrected chi connectivity index (χ2v) is 6.42. The van der Waals surface area contributed by atoms with Gasteiger partial charge in [-0.15, -0.1) is 0 Å². The number of fused-ring (bicyclic) bond motifs is 3. The van der Waals surface area contributed by atoms with Crippen molar-refractivity contribution in [3.63, 3.8) is 0 Å². The van der Waals surface area contributed by atoms with Crippen LogP contribution in [0.4, 0.5) is 0 Å². The number of aromatic nitrogens is 1. The Labute approximate surface area is 130 Å². The van der Waals surface area contributed by atoms with Crippen LogP contribution in [0.3, 0.4) is 0 Å². The number of aliphatic hydroxyl groups excluding tert-OH is 1. The molecule has 1 aromatic carbocycles. The van der Waals surface area contributed by atoms with Crippen LogP contribution in [0.15, 0.2) is 48.8 Å². The van der Waals surface area contributed by atoms with Crippen molar-refractivity contribution in [3.05, 3.63) is 59.9 Å². The number of nitrogens with zero attached hydrogens (tertiary/aromatic N) is 2. The van der Waals surface area contributed by atoms with E-state index in [1.54, 1.807) is 0 Å². The second kappa shape index (κ2) is 5.38. The average Bonchev–Trinajstić information content (AvgIpc) is 2.95. The van der Waals surface area contributed by atoms with Gasteiger partial charge in [0.25, 0.3) is 0 Å². The van der Waals surface area contributed by atoms with Gasteiger partial charge in [-0.25, -0.2) is 0 Å². The Morgan fingerprint density at radius 3 is 2.86 bits per heavy atom. The Kier molecular flexibility index (Phi) is 3.36. The molecule has 3 heterocycles. The number of ether oxygens (including phenoxy) is 1. The third kappa shape index (κ3) is 2.19. The van der Waals surface area contributed by atoms with Gasteiger partial charge in [0.15, 0.2) is 0 Å². The predicted octanol–water partition coefficient (Wildman–Crippen LogP) is 2.05. The maximum atomic E-state index is 10.0. The van der Waals surface area contributed by atoms with Crippen molar-refractivity contribution in [1.29, 1.82) is 0 Å². The van der Waals surface area contributed by atoms with Gasteiger partial charge in [-0.05, 0) is 29.3 Å².